The molecule has 5 heteroatoms. The molecule has 4 nitrogen and oxygen atoms in total. The Morgan fingerprint density at radius 1 is 1.46 bits per heavy atom. The maximum absolute atomic E-state index is 12.8. The highest BCUT2D eigenvalue weighted by molar-refractivity contribution is 7.10. The van der Waals surface area contributed by atoms with Crippen LogP contribution in [0.1, 0.15) is 31.7 Å². The molecule has 0 saturated carbocycles. The van der Waals surface area contributed by atoms with Gasteiger partial charge in [0.25, 0.3) is 5.91 Å². The third-order valence-corrected chi connectivity index (χ3v) is 4.53. The third kappa shape index (κ3) is 4.30. The molecule has 1 fully saturated rings. The van der Waals surface area contributed by atoms with Crippen LogP contribution in [0.2, 0.25) is 0 Å². The SMILES string of the molecule is C\C=C/C=C(\C=C/C)C1CCCN1C(=O)/C(C#N)=C/c1nccs1. The largest absolute Gasteiger partial charge is 0.331 e. The smallest absolute Gasteiger partial charge is 0.265 e. The van der Waals surface area contributed by atoms with Crippen molar-refractivity contribution >= 4 is 23.3 Å². The fourth-order valence-corrected chi connectivity index (χ4v) is 3.33. The molecule has 0 bridgehead atoms. The lowest BCUT2D eigenvalue weighted by atomic mass is 10.0. The topological polar surface area (TPSA) is 57.0 Å². The normalized spacial score (nSPS) is 19.4. The first-order chi connectivity index (χ1) is 11.7. The molecule has 1 saturated heterocycles. The van der Waals surface area contributed by atoms with Gasteiger partial charge in [-0.25, -0.2) is 4.98 Å². The van der Waals surface area contributed by atoms with Crippen LogP contribution < -0.4 is 0 Å². The zero-order valence-corrected chi connectivity index (χ0v) is 14.8. The number of nitriles is 1. The zero-order chi connectivity index (χ0) is 17.4. The summed E-state index contributed by atoms with van der Waals surface area (Å²) in [4.78, 5) is 18.8. The highest BCUT2D eigenvalue weighted by atomic mass is 32.1. The fourth-order valence-electron chi connectivity index (χ4n) is 2.76. The van der Waals surface area contributed by atoms with Gasteiger partial charge in [-0.2, -0.15) is 5.26 Å². The van der Waals surface area contributed by atoms with E-state index in [1.165, 1.54) is 11.3 Å². The van der Waals surface area contributed by atoms with Gasteiger partial charge in [0.1, 0.15) is 16.6 Å². The van der Waals surface area contributed by atoms with E-state index in [0.29, 0.717) is 11.6 Å². The molecular formula is C19H21N3OS. The fraction of sp³-hybridized carbons (Fsp3) is 0.316. The molecule has 1 aromatic heterocycles. The lowest BCUT2D eigenvalue weighted by Crippen LogP contribution is -2.37. The summed E-state index contributed by atoms with van der Waals surface area (Å²) in [5.41, 5.74) is 1.23. The van der Waals surface area contributed by atoms with Crippen LogP contribution in [-0.2, 0) is 4.79 Å². The molecule has 0 radical (unpaired) electrons. The Kier molecular flexibility index (Phi) is 6.71. The van der Waals surface area contributed by atoms with E-state index in [9.17, 15) is 10.1 Å². The summed E-state index contributed by atoms with van der Waals surface area (Å²) in [7, 11) is 0. The minimum absolute atomic E-state index is 0.0120. The van der Waals surface area contributed by atoms with Crippen LogP contribution in [-0.4, -0.2) is 28.4 Å². The Bertz CT molecular complexity index is 720. The first kappa shape index (κ1) is 17.9. The number of carbonyl (C=O) groups is 1. The van der Waals surface area contributed by atoms with Crippen LogP contribution in [0.5, 0.6) is 0 Å². The quantitative estimate of drug-likeness (QED) is 0.460. The monoisotopic (exact) mass is 339 g/mol. The maximum atomic E-state index is 12.8. The van der Waals surface area contributed by atoms with Gasteiger partial charge in [0.2, 0.25) is 0 Å². The Hall–Kier alpha value is -2.45. The van der Waals surface area contributed by atoms with Gasteiger partial charge in [-0.15, -0.1) is 11.3 Å². The Labute approximate surface area is 147 Å². The van der Waals surface area contributed by atoms with Gasteiger partial charge >= 0.3 is 0 Å². The minimum atomic E-state index is -0.217. The van der Waals surface area contributed by atoms with Gasteiger partial charge in [-0.3, -0.25) is 4.79 Å². The molecule has 0 spiro atoms. The molecule has 0 aromatic carbocycles. The first-order valence-electron chi connectivity index (χ1n) is 7.99. The Balaban J connectivity index is 2.28. The number of thiazole rings is 1. The molecule has 1 aliphatic rings. The highest BCUT2D eigenvalue weighted by Crippen LogP contribution is 2.27. The second-order valence-corrected chi connectivity index (χ2v) is 6.32. The number of hydrogen-bond acceptors (Lipinski definition) is 4. The molecule has 2 rings (SSSR count). The molecule has 24 heavy (non-hydrogen) atoms. The van der Waals surface area contributed by atoms with E-state index in [0.717, 1.165) is 18.4 Å². The summed E-state index contributed by atoms with van der Waals surface area (Å²) in [6, 6.07) is 2.05. The van der Waals surface area contributed by atoms with E-state index in [1.807, 2.05) is 55.7 Å². The van der Waals surface area contributed by atoms with Crippen molar-refractivity contribution in [3.05, 3.63) is 58.1 Å². The number of nitrogens with zero attached hydrogens (tertiary/aromatic N) is 3. The number of likely N-dealkylation sites (tertiary alicyclic amines) is 1. The van der Waals surface area contributed by atoms with Crippen molar-refractivity contribution in [3.63, 3.8) is 0 Å². The summed E-state index contributed by atoms with van der Waals surface area (Å²) in [5.74, 6) is -0.217. The lowest BCUT2D eigenvalue weighted by Gasteiger charge is -2.25. The summed E-state index contributed by atoms with van der Waals surface area (Å²) in [6.07, 6.45) is 15.1. The predicted molar refractivity (Wildman–Crippen MR) is 98.2 cm³/mol. The number of carbonyl (C=O) groups excluding carboxylic acids is 1. The molecule has 1 amide bonds. The van der Waals surface area contributed by atoms with Crippen molar-refractivity contribution in [2.24, 2.45) is 0 Å². The van der Waals surface area contributed by atoms with Crippen molar-refractivity contribution in [2.75, 3.05) is 6.54 Å². The number of hydrogen-bond donors (Lipinski definition) is 0. The highest BCUT2D eigenvalue weighted by Gasteiger charge is 2.32. The summed E-state index contributed by atoms with van der Waals surface area (Å²) >= 11 is 1.41. The van der Waals surface area contributed by atoms with Crippen molar-refractivity contribution < 1.29 is 4.79 Å². The molecular weight excluding hydrogens is 318 g/mol. The van der Waals surface area contributed by atoms with Gasteiger partial charge < -0.3 is 4.90 Å². The number of aromatic nitrogens is 1. The summed E-state index contributed by atoms with van der Waals surface area (Å²) < 4.78 is 0. The molecule has 124 valence electrons. The van der Waals surface area contributed by atoms with Crippen molar-refractivity contribution in [2.45, 2.75) is 32.7 Å². The minimum Gasteiger partial charge on any atom is -0.331 e. The van der Waals surface area contributed by atoms with Crippen LogP contribution in [0.4, 0.5) is 0 Å². The van der Waals surface area contributed by atoms with E-state index in [4.69, 9.17) is 0 Å². The summed E-state index contributed by atoms with van der Waals surface area (Å²) in [5, 5.41) is 11.9. The standard InChI is InChI=1S/C19H21N3OS/c1-3-5-8-15(7-4-2)17-9-6-11-22(17)19(23)16(14-20)13-18-21-10-12-24-18/h3-5,7-8,10,12-13,17H,6,9,11H2,1-2H3/b5-3-,7-4-,15-8+,16-13+. The molecule has 1 aliphatic heterocycles. The van der Waals surface area contributed by atoms with Crippen LogP contribution in [0, 0.1) is 11.3 Å². The lowest BCUT2D eigenvalue weighted by molar-refractivity contribution is -0.126. The van der Waals surface area contributed by atoms with Crippen molar-refractivity contribution in [1.82, 2.24) is 9.88 Å². The number of allylic oxidation sites excluding steroid dienone is 4. The second-order valence-electron chi connectivity index (χ2n) is 5.39. The van der Waals surface area contributed by atoms with E-state index >= 15 is 0 Å². The van der Waals surface area contributed by atoms with Gasteiger partial charge in [0.05, 0.1) is 6.04 Å². The third-order valence-electron chi connectivity index (χ3n) is 3.81. The Morgan fingerprint density at radius 3 is 2.92 bits per heavy atom. The zero-order valence-electron chi connectivity index (χ0n) is 14.0. The van der Waals surface area contributed by atoms with E-state index in [2.05, 4.69) is 4.98 Å². The molecule has 1 atom stereocenters. The number of amides is 1. The molecule has 2 heterocycles. The van der Waals surface area contributed by atoms with Gasteiger partial charge in [0.15, 0.2) is 0 Å². The molecule has 0 N–H and O–H groups in total. The van der Waals surface area contributed by atoms with Crippen LogP contribution in [0.25, 0.3) is 6.08 Å². The van der Waals surface area contributed by atoms with Crippen molar-refractivity contribution in [3.8, 4) is 6.07 Å². The molecule has 0 aliphatic carbocycles. The first-order valence-corrected chi connectivity index (χ1v) is 8.87. The van der Waals surface area contributed by atoms with Crippen molar-refractivity contribution in [1.29, 1.82) is 5.26 Å². The molecule has 1 aromatic rings. The van der Waals surface area contributed by atoms with Crippen LogP contribution in [0.3, 0.4) is 0 Å². The van der Waals surface area contributed by atoms with Crippen LogP contribution >= 0.6 is 11.3 Å². The average molecular weight is 339 g/mol. The summed E-state index contributed by atoms with van der Waals surface area (Å²) in [6.45, 7) is 4.60. The van der Waals surface area contributed by atoms with Gasteiger partial charge in [-0.1, -0.05) is 30.4 Å². The predicted octanol–water partition coefficient (Wildman–Crippen LogP) is 4.12. The van der Waals surface area contributed by atoms with E-state index in [-0.39, 0.29) is 17.5 Å². The van der Waals surface area contributed by atoms with E-state index in [1.54, 1.807) is 17.2 Å². The molecule has 1 unspecified atom stereocenters. The van der Waals surface area contributed by atoms with Crippen LogP contribution in [0.15, 0.2) is 53.1 Å². The average Bonchev–Trinajstić information content (AvgIpc) is 3.27. The number of rotatable bonds is 5. The van der Waals surface area contributed by atoms with E-state index < -0.39 is 0 Å². The second kappa shape index (κ2) is 8.99. The maximum Gasteiger partial charge on any atom is 0.265 e. The van der Waals surface area contributed by atoms with Gasteiger partial charge in [-0.05, 0) is 38.3 Å². The Morgan fingerprint density at radius 2 is 2.29 bits per heavy atom. The van der Waals surface area contributed by atoms with Gasteiger partial charge in [0, 0.05) is 18.1 Å².